The normalized spacial score (nSPS) is 16.0. The number of hydrogen-bond acceptors (Lipinski definition) is 23. The van der Waals surface area contributed by atoms with Crippen LogP contribution in [0, 0.1) is 5.92 Å². The molecular weight excluding hydrogens is 1590 g/mol. The molecule has 2 aliphatic rings. The zero-order chi connectivity index (χ0) is 89.5. The Bertz CT molecular complexity index is 3800. The fourth-order valence-electron chi connectivity index (χ4n) is 13.6. The number of hydrogen-bond donors (Lipinski definition) is 20. The predicted molar refractivity (Wildman–Crippen MR) is 453 cm³/mol. The summed E-state index contributed by atoms with van der Waals surface area (Å²) in [6.45, 7) is 5.02. The van der Waals surface area contributed by atoms with Crippen molar-refractivity contribution in [1.29, 1.82) is 0 Å². The van der Waals surface area contributed by atoms with Crippen LogP contribution in [0.3, 0.4) is 0 Å². The first-order valence-corrected chi connectivity index (χ1v) is 42.5. The van der Waals surface area contributed by atoms with E-state index in [-0.39, 0.29) is 121 Å². The number of likely N-dealkylation sites (tertiary alicyclic amines) is 2. The van der Waals surface area contributed by atoms with Crippen LogP contribution in [0.5, 0.6) is 0 Å². The van der Waals surface area contributed by atoms with Gasteiger partial charge in [-0.25, -0.2) is 4.79 Å². The Hall–Kier alpha value is -11.3. The Morgan fingerprint density at radius 3 is 1.31 bits per heavy atom. The summed E-state index contributed by atoms with van der Waals surface area (Å²) < 4.78 is 5.17. The van der Waals surface area contributed by atoms with Crippen LogP contribution in [0.2, 0.25) is 0 Å². The number of esters is 1. The van der Waals surface area contributed by atoms with Crippen molar-refractivity contribution >= 4 is 118 Å². The van der Waals surface area contributed by atoms with Gasteiger partial charge < -0.3 is 125 Å². The Morgan fingerprint density at radius 2 is 0.843 bits per heavy atom. The number of primary amides is 2. The van der Waals surface area contributed by atoms with Crippen LogP contribution < -0.4 is 110 Å². The van der Waals surface area contributed by atoms with Gasteiger partial charge in [-0.3, -0.25) is 81.9 Å². The maximum Gasteiger partial charge on any atom is 0.328 e. The zero-order valence-electron chi connectivity index (χ0n) is 69.7. The summed E-state index contributed by atoms with van der Waals surface area (Å²) in [4.78, 5) is 233. The fraction of sp³-hybridized carbons (Fsp3) is 0.620. The molecule has 42 heteroatoms. The molecule has 0 aromatic heterocycles. The Balaban J connectivity index is 1.54. The van der Waals surface area contributed by atoms with E-state index in [0.29, 0.717) is 74.8 Å². The van der Waals surface area contributed by atoms with Crippen LogP contribution in [0.1, 0.15) is 160 Å². The molecule has 2 aromatic rings. The Labute approximate surface area is 709 Å². The molecule has 15 amide bonds. The van der Waals surface area contributed by atoms with E-state index in [1.165, 1.54) is 21.6 Å². The first kappa shape index (κ1) is 102. The molecule has 41 nitrogen and oxygen atoms in total. The third-order valence-electron chi connectivity index (χ3n) is 19.9. The first-order valence-electron chi connectivity index (χ1n) is 41.1. The van der Waals surface area contributed by atoms with Crippen LogP contribution in [-0.2, 0) is 94.3 Å². The second-order valence-corrected chi connectivity index (χ2v) is 31.1. The first-order chi connectivity index (χ1) is 57.7. The van der Waals surface area contributed by atoms with Gasteiger partial charge in [-0.15, -0.1) is 0 Å². The fourth-order valence-corrected chi connectivity index (χ4v) is 14.0. The van der Waals surface area contributed by atoms with Crippen molar-refractivity contribution in [3.8, 4) is 0 Å². The van der Waals surface area contributed by atoms with Gasteiger partial charge >= 0.3 is 5.97 Å². The van der Waals surface area contributed by atoms with Crippen LogP contribution in [0.15, 0.2) is 70.6 Å². The molecule has 2 fully saturated rings. The molecule has 2 aliphatic heterocycles. The summed E-state index contributed by atoms with van der Waals surface area (Å²) in [5, 5.41) is 29.0. The number of benzene rings is 2. The van der Waals surface area contributed by atoms with Crippen molar-refractivity contribution in [2.75, 3.05) is 71.0 Å². The number of carbonyl (C=O) groups is 16. The van der Waals surface area contributed by atoms with E-state index in [1.807, 2.05) is 0 Å². The summed E-state index contributed by atoms with van der Waals surface area (Å²) in [6.07, 6.45) is 3.71. The smallest absolute Gasteiger partial charge is 0.328 e. The predicted octanol–water partition coefficient (Wildman–Crippen LogP) is -5.36. The third-order valence-corrected chi connectivity index (χ3v) is 20.5. The van der Waals surface area contributed by atoms with E-state index < -0.39 is 206 Å². The summed E-state index contributed by atoms with van der Waals surface area (Å²) >= 11 is 1.36. The van der Waals surface area contributed by atoms with Crippen LogP contribution in [0.4, 0.5) is 0 Å². The van der Waals surface area contributed by atoms with Crippen molar-refractivity contribution in [1.82, 2.24) is 68.3 Å². The van der Waals surface area contributed by atoms with Gasteiger partial charge in [0.15, 0.2) is 11.9 Å². The number of ether oxygens (including phenoxy) is 1. The van der Waals surface area contributed by atoms with Gasteiger partial charge in [0.1, 0.15) is 66.5 Å². The average Bonchev–Trinajstić information content (AvgIpc) is 1.70. The molecule has 2 aromatic carbocycles. The van der Waals surface area contributed by atoms with Crippen molar-refractivity contribution in [3.63, 3.8) is 0 Å². The highest BCUT2D eigenvalue weighted by atomic mass is 32.2. The number of nitrogens with one attached hydrogen (secondary N) is 11. The van der Waals surface area contributed by atoms with Crippen molar-refractivity contribution in [2.24, 2.45) is 67.5 Å². The van der Waals surface area contributed by atoms with Gasteiger partial charge in [-0.1, -0.05) is 74.5 Å². The molecule has 0 saturated carbocycles. The van der Waals surface area contributed by atoms with Crippen LogP contribution in [-0.4, -0.2) is 260 Å². The molecule has 29 N–H and O–H groups in total. The van der Waals surface area contributed by atoms with Gasteiger partial charge in [-0.2, -0.15) is 11.8 Å². The maximum absolute atomic E-state index is 14.9. The van der Waals surface area contributed by atoms with Crippen molar-refractivity contribution < 1.29 is 81.4 Å². The van der Waals surface area contributed by atoms with E-state index in [1.54, 1.807) is 87.7 Å². The molecule has 0 bridgehead atoms. The van der Waals surface area contributed by atoms with E-state index in [0.717, 1.165) is 0 Å². The molecule has 0 radical (unpaired) electrons. The highest BCUT2D eigenvalue weighted by Crippen LogP contribution is 2.24. The molecule has 0 unspecified atom stereocenters. The Kier molecular flexibility index (Phi) is 46.9. The van der Waals surface area contributed by atoms with Crippen LogP contribution >= 0.6 is 11.8 Å². The molecule has 2 saturated heterocycles. The van der Waals surface area contributed by atoms with Crippen molar-refractivity contribution in [3.05, 3.63) is 71.8 Å². The van der Waals surface area contributed by atoms with E-state index in [9.17, 15) is 76.7 Å². The number of carbonyl (C=O) groups excluding carboxylic acids is 16. The number of guanidine groups is 2. The van der Waals surface area contributed by atoms with Crippen LogP contribution in [0.25, 0.3) is 0 Å². The van der Waals surface area contributed by atoms with E-state index >= 15 is 0 Å². The molecular formula is C79H128N24O17S. The second kappa shape index (κ2) is 55.5. The number of rotatable bonds is 57. The second-order valence-electron chi connectivity index (χ2n) is 30.1. The lowest BCUT2D eigenvalue weighted by atomic mass is 10.0. The number of amides is 15. The lowest BCUT2D eigenvalue weighted by Gasteiger charge is -2.32. The van der Waals surface area contributed by atoms with Gasteiger partial charge in [0, 0.05) is 51.9 Å². The lowest BCUT2D eigenvalue weighted by Crippen LogP contribution is -2.60. The number of unbranched alkanes of at least 4 members (excludes halogenated alkanes) is 2. The van der Waals surface area contributed by atoms with E-state index in [4.69, 9.17) is 56.3 Å². The minimum Gasteiger partial charge on any atom is -0.464 e. The largest absolute Gasteiger partial charge is 0.464 e. The molecule has 0 aliphatic carbocycles. The van der Waals surface area contributed by atoms with Gasteiger partial charge in [0.05, 0.1) is 25.7 Å². The summed E-state index contributed by atoms with van der Waals surface area (Å²) in [5.74, 6) is -13.1. The number of thioether (sulfide) groups is 1. The lowest BCUT2D eigenvalue weighted by molar-refractivity contribution is -0.148. The van der Waals surface area contributed by atoms with E-state index in [2.05, 4.69) is 68.5 Å². The topological polar surface area (TPSA) is 680 Å². The molecule has 121 heavy (non-hydrogen) atoms. The number of aliphatic imine (C=N–C) groups is 2. The SMILES string of the molecule is CCOC(=O)[C@H](CCCN=C(N)N)NC(=O)[C@H](CCCCN)NC(=O)CNC(=O)[C@H](CCSC)NC(=O)[C@H](CC(C)C)NC(=O)CNC(=O)[C@H](Cc1ccccc1)NC(=O)[C@H](Cc1ccccc1)NC(=O)[C@H](CCC(N)=O)NC(=O)[C@H](CCC(N)=O)NC(=O)[C@@H]1CCCN1C(=O)[C@H](CCCCN)NC(=O)[C@@H]1CCCN1C(=O)[C@@H](N)CCCN=C(N)N. The molecule has 4 rings (SSSR count). The van der Waals surface area contributed by atoms with Gasteiger partial charge in [0.25, 0.3) is 0 Å². The van der Waals surface area contributed by atoms with Gasteiger partial charge in [0.2, 0.25) is 88.6 Å². The minimum absolute atomic E-state index is 0.0268. The summed E-state index contributed by atoms with van der Waals surface area (Å²) in [7, 11) is 0. The molecule has 672 valence electrons. The highest BCUT2D eigenvalue weighted by Gasteiger charge is 2.43. The van der Waals surface area contributed by atoms with Gasteiger partial charge in [-0.05, 0) is 165 Å². The number of nitrogens with two attached hydrogens (primary N) is 9. The third kappa shape index (κ3) is 38.3. The average molecular weight is 1720 g/mol. The monoisotopic (exact) mass is 1720 g/mol. The Morgan fingerprint density at radius 1 is 0.455 bits per heavy atom. The highest BCUT2D eigenvalue weighted by molar-refractivity contribution is 7.98. The molecule has 12 atom stereocenters. The molecule has 0 spiro atoms. The standard InChI is InChI=1S/C79H128N24O17S/c1-5-120-77(119)56(27-17-38-90-79(87)88)99-68(110)51(25-12-14-35-80)93-64(106)45-91-66(108)54(34-41-121-4)96-71(113)57(42-47(2)3)94-65(107)46-92-67(109)58(43-48-20-8-6-9-21-48)100-72(114)59(44-49-22-10-7-11-23-49)101-70(112)52(30-32-62(83)104)95-69(111)53(31-33-63(84)105)97-73(115)61-29-19-40-103(61)76(118)55(26-13-15-36-81)98-74(116)60-28-18-39-102(60)75(117)50(82)24-16-37-89-78(85)86/h6-11,20-23,47,50-61H,5,12-19,24-46,80-82H2,1-4H3,(H2,83,104)(H2,84,105)(H,91,108)(H,92,109)(H,93,106)(H,94,107)(H,95,111)(H,96,113)(H,97,115)(H,98,116)(H,99,110)(H,100,114)(H,101,112)(H4,85,86,89)(H4,87,88,90)/t50-,51-,52-,53-,54-,55-,56-,57-,58-,59-,60-,61-/m0/s1. The summed E-state index contributed by atoms with van der Waals surface area (Å²) in [6, 6.07) is 1.20. The molecule has 2 heterocycles. The minimum atomic E-state index is -1.69. The maximum atomic E-state index is 14.9. The van der Waals surface area contributed by atoms with Crippen molar-refractivity contribution in [2.45, 2.75) is 235 Å². The quantitative estimate of drug-likeness (QED) is 0.0127. The summed E-state index contributed by atoms with van der Waals surface area (Å²) in [5.41, 5.74) is 51.7. The number of nitrogens with zero attached hydrogens (tertiary/aromatic N) is 4. The zero-order valence-corrected chi connectivity index (χ0v) is 70.6.